The van der Waals surface area contributed by atoms with Crippen molar-refractivity contribution in [1.82, 2.24) is 5.32 Å². The molecule has 4 nitrogen and oxygen atoms in total. The maximum absolute atomic E-state index is 12.3. The van der Waals surface area contributed by atoms with Crippen LogP contribution in [0.25, 0.3) is 0 Å². The predicted molar refractivity (Wildman–Crippen MR) is 103 cm³/mol. The van der Waals surface area contributed by atoms with Gasteiger partial charge in [-0.3, -0.25) is 9.59 Å². The van der Waals surface area contributed by atoms with E-state index in [0.29, 0.717) is 23.0 Å². The summed E-state index contributed by atoms with van der Waals surface area (Å²) in [4.78, 5) is 24.5. The van der Waals surface area contributed by atoms with E-state index in [1.807, 2.05) is 12.1 Å². The summed E-state index contributed by atoms with van der Waals surface area (Å²) in [5.41, 5.74) is 3.52. The first-order valence-corrected chi connectivity index (χ1v) is 9.60. The third kappa shape index (κ3) is 5.36. The SMILES string of the molecule is Cc1ccc(CSCC(=O)Nc2ccccc2C(=O)NC2CC2)cc1. The molecule has 0 atom stereocenters. The summed E-state index contributed by atoms with van der Waals surface area (Å²) in [5.74, 6) is 0.929. The van der Waals surface area contributed by atoms with Gasteiger partial charge in [0.25, 0.3) is 5.91 Å². The van der Waals surface area contributed by atoms with E-state index >= 15 is 0 Å². The minimum atomic E-state index is -0.120. The Balaban J connectivity index is 1.52. The molecule has 1 aliphatic rings. The third-order valence-corrected chi connectivity index (χ3v) is 4.98. The van der Waals surface area contributed by atoms with Crippen molar-refractivity contribution in [1.29, 1.82) is 0 Å². The topological polar surface area (TPSA) is 58.2 Å². The highest BCUT2D eigenvalue weighted by molar-refractivity contribution is 7.99. The van der Waals surface area contributed by atoms with Crippen LogP contribution in [0.2, 0.25) is 0 Å². The van der Waals surface area contributed by atoms with Gasteiger partial charge in [0, 0.05) is 11.8 Å². The van der Waals surface area contributed by atoms with E-state index in [-0.39, 0.29) is 11.8 Å². The van der Waals surface area contributed by atoms with Crippen LogP contribution in [0.5, 0.6) is 0 Å². The van der Waals surface area contributed by atoms with Crippen LogP contribution in [0.4, 0.5) is 5.69 Å². The Kier molecular flexibility index (Phi) is 5.76. The van der Waals surface area contributed by atoms with E-state index in [9.17, 15) is 9.59 Å². The highest BCUT2D eigenvalue weighted by atomic mass is 32.2. The Morgan fingerprint density at radius 1 is 1.08 bits per heavy atom. The fraction of sp³-hybridized carbons (Fsp3) is 0.300. The van der Waals surface area contributed by atoms with Crippen molar-refractivity contribution in [2.75, 3.05) is 11.1 Å². The van der Waals surface area contributed by atoms with Crippen LogP contribution >= 0.6 is 11.8 Å². The van der Waals surface area contributed by atoms with E-state index in [4.69, 9.17) is 0 Å². The fourth-order valence-corrected chi connectivity index (χ4v) is 3.20. The molecule has 3 rings (SSSR count). The molecule has 0 aromatic heterocycles. The summed E-state index contributed by atoms with van der Waals surface area (Å²) in [5, 5.41) is 5.82. The number of carbonyl (C=O) groups is 2. The zero-order valence-electron chi connectivity index (χ0n) is 14.2. The van der Waals surface area contributed by atoms with Gasteiger partial charge < -0.3 is 10.6 Å². The molecule has 2 aromatic carbocycles. The summed E-state index contributed by atoms with van der Waals surface area (Å²) >= 11 is 1.56. The van der Waals surface area contributed by atoms with E-state index in [1.54, 1.807) is 23.9 Å². The van der Waals surface area contributed by atoms with Crippen molar-refractivity contribution >= 4 is 29.3 Å². The Hall–Kier alpha value is -2.27. The first-order valence-electron chi connectivity index (χ1n) is 8.45. The number of aryl methyl sites for hydroxylation is 1. The molecular weight excluding hydrogens is 332 g/mol. The molecule has 0 bridgehead atoms. The van der Waals surface area contributed by atoms with Gasteiger partial charge in [-0.2, -0.15) is 0 Å². The molecule has 2 N–H and O–H groups in total. The van der Waals surface area contributed by atoms with Gasteiger partial charge in [-0.05, 0) is 37.5 Å². The minimum absolute atomic E-state index is 0.0937. The highest BCUT2D eigenvalue weighted by Gasteiger charge is 2.24. The van der Waals surface area contributed by atoms with Crippen LogP contribution in [-0.2, 0) is 10.5 Å². The summed E-state index contributed by atoms with van der Waals surface area (Å²) in [6.45, 7) is 2.06. The number of rotatable bonds is 7. The highest BCUT2D eigenvalue weighted by Crippen LogP contribution is 2.22. The maximum Gasteiger partial charge on any atom is 0.253 e. The van der Waals surface area contributed by atoms with Crippen LogP contribution < -0.4 is 10.6 Å². The van der Waals surface area contributed by atoms with E-state index in [1.165, 1.54) is 11.1 Å². The van der Waals surface area contributed by atoms with Crippen LogP contribution in [0, 0.1) is 6.92 Å². The number of para-hydroxylation sites is 1. The quantitative estimate of drug-likeness (QED) is 0.796. The van der Waals surface area contributed by atoms with Crippen molar-refractivity contribution in [2.24, 2.45) is 0 Å². The molecule has 0 heterocycles. The summed E-state index contributed by atoms with van der Waals surface area (Å²) in [6, 6.07) is 15.7. The summed E-state index contributed by atoms with van der Waals surface area (Å²) < 4.78 is 0. The van der Waals surface area contributed by atoms with E-state index in [2.05, 4.69) is 41.8 Å². The summed E-state index contributed by atoms with van der Waals surface area (Å²) in [6.07, 6.45) is 2.08. The maximum atomic E-state index is 12.3. The Bertz CT molecular complexity index is 755. The second-order valence-electron chi connectivity index (χ2n) is 6.32. The number of nitrogens with one attached hydrogen (secondary N) is 2. The van der Waals surface area contributed by atoms with Crippen molar-refractivity contribution in [3.05, 3.63) is 65.2 Å². The molecule has 0 unspecified atom stereocenters. The number of anilines is 1. The molecule has 2 amide bonds. The van der Waals surface area contributed by atoms with Gasteiger partial charge >= 0.3 is 0 Å². The monoisotopic (exact) mass is 354 g/mol. The van der Waals surface area contributed by atoms with Crippen molar-refractivity contribution < 1.29 is 9.59 Å². The molecule has 130 valence electrons. The van der Waals surface area contributed by atoms with Crippen molar-refractivity contribution in [3.8, 4) is 0 Å². The second-order valence-corrected chi connectivity index (χ2v) is 7.31. The Morgan fingerprint density at radius 3 is 2.52 bits per heavy atom. The third-order valence-electron chi connectivity index (χ3n) is 3.98. The molecule has 5 heteroatoms. The lowest BCUT2D eigenvalue weighted by Crippen LogP contribution is -2.27. The lowest BCUT2D eigenvalue weighted by atomic mass is 10.1. The summed E-state index contributed by atoms with van der Waals surface area (Å²) in [7, 11) is 0. The zero-order valence-corrected chi connectivity index (χ0v) is 15.1. The van der Waals surface area contributed by atoms with Gasteiger partial charge in [-0.15, -0.1) is 11.8 Å². The van der Waals surface area contributed by atoms with Gasteiger partial charge in [-0.25, -0.2) is 0 Å². The van der Waals surface area contributed by atoms with Gasteiger partial charge in [0.15, 0.2) is 0 Å². The van der Waals surface area contributed by atoms with E-state index in [0.717, 1.165) is 18.6 Å². The Labute approximate surface area is 152 Å². The van der Waals surface area contributed by atoms with Crippen LogP contribution in [0.1, 0.15) is 34.3 Å². The average molecular weight is 354 g/mol. The number of benzene rings is 2. The number of carbonyl (C=O) groups excluding carboxylic acids is 2. The van der Waals surface area contributed by atoms with Gasteiger partial charge in [-0.1, -0.05) is 42.0 Å². The first-order chi connectivity index (χ1) is 12.1. The van der Waals surface area contributed by atoms with E-state index < -0.39 is 0 Å². The van der Waals surface area contributed by atoms with Crippen LogP contribution in [0.15, 0.2) is 48.5 Å². The van der Waals surface area contributed by atoms with Crippen LogP contribution in [-0.4, -0.2) is 23.6 Å². The molecule has 2 aromatic rings. The normalized spacial score (nSPS) is 13.3. The van der Waals surface area contributed by atoms with Crippen molar-refractivity contribution in [2.45, 2.75) is 31.6 Å². The molecule has 1 fully saturated rings. The zero-order chi connectivity index (χ0) is 17.6. The number of hydrogen-bond donors (Lipinski definition) is 2. The van der Waals surface area contributed by atoms with Gasteiger partial charge in [0.1, 0.15) is 0 Å². The molecule has 25 heavy (non-hydrogen) atoms. The molecule has 0 aliphatic heterocycles. The van der Waals surface area contributed by atoms with Crippen LogP contribution in [0.3, 0.4) is 0 Å². The van der Waals surface area contributed by atoms with Gasteiger partial charge in [0.05, 0.1) is 17.0 Å². The number of thioether (sulfide) groups is 1. The lowest BCUT2D eigenvalue weighted by Gasteiger charge is -2.11. The fourth-order valence-electron chi connectivity index (χ4n) is 2.41. The minimum Gasteiger partial charge on any atom is -0.349 e. The lowest BCUT2D eigenvalue weighted by molar-refractivity contribution is -0.113. The first kappa shape index (κ1) is 17.5. The molecule has 0 radical (unpaired) electrons. The molecular formula is C20H22N2O2S. The Morgan fingerprint density at radius 2 is 1.80 bits per heavy atom. The smallest absolute Gasteiger partial charge is 0.253 e. The van der Waals surface area contributed by atoms with Crippen molar-refractivity contribution in [3.63, 3.8) is 0 Å². The molecule has 0 spiro atoms. The number of amides is 2. The standard InChI is InChI=1S/C20H22N2O2S/c1-14-6-8-15(9-7-14)12-25-13-19(23)22-18-5-3-2-4-17(18)20(24)21-16-10-11-16/h2-9,16H,10-13H2,1H3,(H,21,24)(H,22,23). The largest absolute Gasteiger partial charge is 0.349 e. The average Bonchev–Trinajstić information content (AvgIpc) is 3.41. The molecule has 1 aliphatic carbocycles. The molecule has 1 saturated carbocycles. The van der Waals surface area contributed by atoms with Gasteiger partial charge in [0.2, 0.25) is 5.91 Å². The predicted octanol–water partition coefficient (Wildman–Crippen LogP) is 3.76. The molecule has 0 saturated heterocycles. The number of hydrogen-bond acceptors (Lipinski definition) is 3. The second kappa shape index (κ2) is 8.21.